The van der Waals surface area contributed by atoms with Crippen LogP contribution in [-0.2, 0) is 52.7 Å². The highest BCUT2D eigenvalue weighted by Gasteiger charge is 2.28. The van der Waals surface area contributed by atoms with Crippen LogP contribution in [0.4, 0.5) is 0 Å². The molecule has 11 nitrogen and oxygen atoms in total. The minimum atomic E-state index is -0.289. The van der Waals surface area contributed by atoms with Gasteiger partial charge in [-0.25, -0.2) is 9.78 Å². The van der Waals surface area contributed by atoms with Crippen LogP contribution in [0.5, 0.6) is 0 Å². The molecule has 4 aliphatic rings. The molecule has 0 N–H and O–H groups in total. The van der Waals surface area contributed by atoms with Gasteiger partial charge in [-0.3, -0.25) is 0 Å². The predicted octanol–water partition coefficient (Wildman–Crippen LogP) is -0.735. The predicted molar refractivity (Wildman–Crippen MR) is 93.1 cm³/mol. The van der Waals surface area contributed by atoms with Crippen LogP contribution in [0.25, 0.3) is 0 Å². The summed E-state index contributed by atoms with van der Waals surface area (Å²) in [6.07, 6.45) is 0.154. The molecule has 11 heteroatoms. The number of rotatable bonds is 20. The summed E-state index contributed by atoms with van der Waals surface area (Å²) in [5, 5.41) is 4.84. The van der Waals surface area contributed by atoms with Gasteiger partial charge in [0.1, 0.15) is 49.8 Å². The van der Waals surface area contributed by atoms with Crippen LogP contribution in [0.15, 0.2) is 0 Å². The van der Waals surface area contributed by atoms with E-state index in [9.17, 15) is 0 Å². The van der Waals surface area contributed by atoms with Crippen LogP contribution in [0.3, 0.4) is 0 Å². The molecule has 0 saturated carbocycles. The van der Waals surface area contributed by atoms with Gasteiger partial charge in [0.2, 0.25) is 0 Å². The summed E-state index contributed by atoms with van der Waals surface area (Å²) in [6, 6.07) is 0. The van der Waals surface area contributed by atoms with Crippen molar-refractivity contribution in [2.24, 2.45) is 0 Å². The van der Waals surface area contributed by atoms with Crippen molar-refractivity contribution < 1.29 is 52.7 Å². The van der Waals surface area contributed by atoms with Gasteiger partial charge >= 0.3 is 0 Å². The summed E-state index contributed by atoms with van der Waals surface area (Å²) in [5.74, 6) is 0. The molecule has 0 bridgehead atoms. The highest BCUT2D eigenvalue weighted by Crippen LogP contribution is 2.13. The molecular formula is C18H30O11. The molecule has 0 amide bonds. The van der Waals surface area contributed by atoms with E-state index in [4.69, 9.17) is 52.7 Å². The Balaban J connectivity index is 1.05. The van der Waals surface area contributed by atoms with Gasteiger partial charge in [-0.05, 0) is 0 Å². The Bertz CT molecular complexity index is 411. The van der Waals surface area contributed by atoms with Crippen LogP contribution in [0, 0.1) is 0 Å². The lowest BCUT2D eigenvalue weighted by Crippen LogP contribution is -2.30. The molecular weight excluding hydrogens is 392 g/mol. The Labute approximate surface area is 169 Å². The van der Waals surface area contributed by atoms with Crippen molar-refractivity contribution in [1.82, 2.24) is 0 Å². The Kier molecular flexibility index (Phi) is 8.88. The first-order chi connectivity index (χ1) is 14.3. The normalized spacial score (nSPS) is 31.4. The highest BCUT2D eigenvalue weighted by molar-refractivity contribution is 4.71. The van der Waals surface area contributed by atoms with E-state index >= 15 is 0 Å². The van der Waals surface area contributed by atoms with Gasteiger partial charge in [-0.2, -0.15) is 0 Å². The summed E-state index contributed by atoms with van der Waals surface area (Å²) in [4.78, 5) is 10.2. The lowest BCUT2D eigenvalue weighted by molar-refractivity contribution is -0.519. The van der Waals surface area contributed by atoms with Crippen molar-refractivity contribution in [2.75, 3.05) is 79.3 Å². The van der Waals surface area contributed by atoms with Gasteiger partial charge in [-0.15, -0.1) is 0 Å². The Hall–Kier alpha value is -0.440. The molecule has 6 unspecified atom stereocenters. The monoisotopic (exact) mass is 422 g/mol. The molecule has 0 aromatic heterocycles. The zero-order chi connectivity index (χ0) is 19.7. The molecule has 4 saturated heterocycles. The Morgan fingerprint density at radius 2 is 0.931 bits per heavy atom. The van der Waals surface area contributed by atoms with E-state index in [0.29, 0.717) is 39.6 Å². The van der Waals surface area contributed by atoms with Crippen LogP contribution < -0.4 is 0 Å². The summed E-state index contributed by atoms with van der Waals surface area (Å²) in [7, 11) is 0. The Morgan fingerprint density at radius 1 is 0.552 bits per heavy atom. The summed E-state index contributed by atoms with van der Waals surface area (Å²) in [6.45, 7) is 6.13. The second kappa shape index (κ2) is 11.8. The summed E-state index contributed by atoms with van der Waals surface area (Å²) < 4.78 is 43.1. The second-order valence-electron chi connectivity index (χ2n) is 7.44. The van der Waals surface area contributed by atoms with E-state index in [0.717, 1.165) is 26.4 Å². The first-order valence-corrected chi connectivity index (χ1v) is 10.1. The Morgan fingerprint density at radius 3 is 1.31 bits per heavy atom. The number of hydrogen-bond acceptors (Lipinski definition) is 11. The topological polar surface area (TPSA) is 115 Å². The maximum absolute atomic E-state index is 5.73. The maximum atomic E-state index is 5.73. The number of ether oxygens (including phenoxy) is 8. The van der Waals surface area contributed by atoms with Crippen molar-refractivity contribution >= 4 is 0 Å². The third-order valence-corrected chi connectivity index (χ3v) is 4.46. The van der Waals surface area contributed by atoms with Crippen molar-refractivity contribution in [2.45, 2.75) is 36.6 Å². The average Bonchev–Trinajstić information content (AvgIpc) is 3.57. The molecule has 0 aromatic carbocycles. The van der Waals surface area contributed by atoms with Crippen LogP contribution >= 0.6 is 0 Å². The average molecular weight is 422 g/mol. The van der Waals surface area contributed by atoms with Gasteiger partial charge in [0.25, 0.3) is 0 Å². The molecule has 29 heavy (non-hydrogen) atoms. The van der Waals surface area contributed by atoms with Crippen LogP contribution in [0.2, 0.25) is 0 Å². The molecule has 0 spiro atoms. The van der Waals surface area contributed by atoms with Crippen LogP contribution in [-0.4, -0.2) is 116 Å². The van der Waals surface area contributed by atoms with E-state index < -0.39 is 0 Å². The van der Waals surface area contributed by atoms with Gasteiger partial charge in [0.15, 0.2) is 0 Å². The third-order valence-electron chi connectivity index (χ3n) is 4.46. The fraction of sp³-hybridized carbons (Fsp3) is 1.00. The number of hydrogen-bond donors (Lipinski definition) is 0. The molecule has 0 aliphatic carbocycles. The minimum absolute atomic E-state index is 0.162. The van der Waals surface area contributed by atoms with Crippen molar-refractivity contribution in [3.8, 4) is 0 Å². The zero-order valence-electron chi connectivity index (χ0n) is 16.4. The smallest absolute Gasteiger partial charge is 0.114 e. The number of epoxide rings is 4. The second-order valence-corrected chi connectivity index (χ2v) is 7.44. The molecule has 4 rings (SSSR count). The van der Waals surface area contributed by atoms with Gasteiger partial charge in [-0.1, -0.05) is 5.04 Å². The molecule has 6 atom stereocenters. The van der Waals surface area contributed by atoms with E-state index in [1.807, 2.05) is 0 Å². The SMILES string of the molecule is C(OCC1CO1)C(COOOCC(COCC1CO1)OCC1CO1)OCC1CO1. The lowest BCUT2D eigenvalue weighted by Gasteiger charge is -2.18. The first-order valence-electron chi connectivity index (χ1n) is 10.1. The molecule has 0 radical (unpaired) electrons. The fourth-order valence-corrected chi connectivity index (χ4v) is 2.34. The van der Waals surface area contributed by atoms with Gasteiger partial charge in [0, 0.05) is 0 Å². The summed E-state index contributed by atoms with van der Waals surface area (Å²) >= 11 is 0. The molecule has 4 aliphatic heterocycles. The first kappa shape index (κ1) is 21.8. The maximum Gasteiger partial charge on any atom is 0.114 e. The van der Waals surface area contributed by atoms with Crippen LogP contribution in [0.1, 0.15) is 0 Å². The largest absolute Gasteiger partial charge is 0.376 e. The van der Waals surface area contributed by atoms with Gasteiger partial charge < -0.3 is 37.9 Å². The van der Waals surface area contributed by atoms with E-state index in [-0.39, 0.29) is 49.8 Å². The van der Waals surface area contributed by atoms with Crippen molar-refractivity contribution in [3.05, 3.63) is 0 Å². The van der Waals surface area contributed by atoms with Crippen molar-refractivity contribution in [3.63, 3.8) is 0 Å². The lowest BCUT2D eigenvalue weighted by atomic mass is 10.4. The molecule has 4 fully saturated rings. The zero-order valence-corrected chi connectivity index (χ0v) is 16.4. The molecule has 0 aromatic rings. The molecule has 168 valence electrons. The molecule has 4 heterocycles. The van der Waals surface area contributed by atoms with Gasteiger partial charge in [0.05, 0.1) is 66.1 Å². The highest BCUT2D eigenvalue weighted by atomic mass is 17.5. The minimum Gasteiger partial charge on any atom is -0.376 e. The summed E-state index contributed by atoms with van der Waals surface area (Å²) in [5.41, 5.74) is 0. The third kappa shape index (κ3) is 10.4. The quantitative estimate of drug-likeness (QED) is 0.107. The van der Waals surface area contributed by atoms with Crippen molar-refractivity contribution in [1.29, 1.82) is 0 Å². The fourth-order valence-electron chi connectivity index (χ4n) is 2.34. The van der Waals surface area contributed by atoms with E-state index in [1.54, 1.807) is 0 Å². The standard InChI is InChI=1S/C18H30O11/c1(13-5-21-13)19-3-15(23-7-17-9-25-17)11-27-29-28-12-16(24-8-18-10-26-18)4-20-2-14-6-22-14/h13-18H,1-12H2. The van der Waals surface area contributed by atoms with E-state index in [1.165, 1.54) is 0 Å². The van der Waals surface area contributed by atoms with E-state index in [2.05, 4.69) is 0 Å².